The van der Waals surface area contributed by atoms with Crippen molar-refractivity contribution < 1.29 is 13.9 Å². The van der Waals surface area contributed by atoms with Gasteiger partial charge >= 0.3 is 0 Å². The standard InChI is InChI=1S/C10H16N2O3/c1-6(2)14-5-8-4-9(7(3)15-8)10(13)12-11/h4,6H,5,11H2,1-3H3,(H,12,13). The van der Waals surface area contributed by atoms with Crippen LogP contribution in [0, 0.1) is 6.92 Å². The van der Waals surface area contributed by atoms with Gasteiger partial charge in [0.05, 0.1) is 11.7 Å². The fraction of sp³-hybridized carbons (Fsp3) is 0.500. The van der Waals surface area contributed by atoms with Crippen LogP contribution in [0.25, 0.3) is 0 Å². The minimum absolute atomic E-state index is 0.127. The van der Waals surface area contributed by atoms with Gasteiger partial charge in [0, 0.05) is 0 Å². The maximum Gasteiger partial charge on any atom is 0.268 e. The third-order valence-corrected chi connectivity index (χ3v) is 1.90. The lowest BCUT2D eigenvalue weighted by molar-refractivity contribution is 0.0541. The van der Waals surface area contributed by atoms with Gasteiger partial charge in [0.25, 0.3) is 5.91 Å². The van der Waals surface area contributed by atoms with Crippen LogP contribution in [-0.2, 0) is 11.3 Å². The molecule has 5 heteroatoms. The Bertz CT molecular complexity index is 344. The third-order valence-electron chi connectivity index (χ3n) is 1.90. The number of amides is 1. The first-order chi connectivity index (χ1) is 7.04. The third kappa shape index (κ3) is 3.07. The average molecular weight is 212 g/mol. The number of hydrogen-bond donors (Lipinski definition) is 2. The smallest absolute Gasteiger partial charge is 0.268 e. The van der Waals surface area contributed by atoms with Gasteiger partial charge in [0.15, 0.2) is 0 Å². The first-order valence-corrected chi connectivity index (χ1v) is 4.76. The van der Waals surface area contributed by atoms with E-state index < -0.39 is 0 Å². The van der Waals surface area contributed by atoms with Crippen molar-refractivity contribution in [1.29, 1.82) is 0 Å². The fourth-order valence-corrected chi connectivity index (χ4v) is 1.17. The Labute approximate surface area is 88.6 Å². The minimum atomic E-state index is -0.355. The van der Waals surface area contributed by atoms with Crippen molar-refractivity contribution >= 4 is 5.91 Å². The highest BCUT2D eigenvalue weighted by atomic mass is 16.5. The van der Waals surface area contributed by atoms with Crippen molar-refractivity contribution in [3.05, 3.63) is 23.2 Å². The molecule has 0 fully saturated rings. The first kappa shape index (κ1) is 11.7. The summed E-state index contributed by atoms with van der Waals surface area (Å²) >= 11 is 0. The molecule has 0 radical (unpaired) electrons. The lowest BCUT2D eigenvalue weighted by Crippen LogP contribution is -2.30. The number of hydrogen-bond acceptors (Lipinski definition) is 4. The Morgan fingerprint density at radius 2 is 2.33 bits per heavy atom. The zero-order chi connectivity index (χ0) is 11.4. The number of hydrazine groups is 1. The molecule has 5 nitrogen and oxygen atoms in total. The summed E-state index contributed by atoms with van der Waals surface area (Å²) in [6.07, 6.45) is 0.127. The summed E-state index contributed by atoms with van der Waals surface area (Å²) in [6.45, 7) is 5.94. The van der Waals surface area contributed by atoms with Gasteiger partial charge in [-0.2, -0.15) is 0 Å². The van der Waals surface area contributed by atoms with E-state index in [1.54, 1.807) is 13.0 Å². The molecular weight excluding hydrogens is 196 g/mol. The van der Waals surface area contributed by atoms with Gasteiger partial charge in [0.1, 0.15) is 18.1 Å². The van der Waals surface area contributed by atoms with E-state index in [0.717, 1.165) is 0 Å². The van der Waals surface area contributed by atoms with E-state index in [0.29, 0.717) is 23.7 Å². The van der Waals surface area contributed by atoms with Gasteiger partial charge in [-0.3, -0.25) is 10.2 Å². The highest BCUT2D eigenvalue weighted by Crippen LogP contribution is 2.15. The molecule has 1 rings (SSSR count). The van der Waals surface area contributed by atoms with Crippen LogP contribution in [-0.4, -0.2) is 12.0 Å². The van der Waals surface area contributed by atoms with Gasteiger partial charge in [-0.25, -0.2) is 5.84 Å². The lowest BCUT2D eigenvalue weighted by Gasteiger charge is -2.03. The fourth-order valence-electron chi connectivity index (χ4n) is 1.17. The Morgan fingerprint density at radius 1 is 1.67 bits per heavy atom. The lowest BCUT2D eigenvalue weighted by atomic mass is 10.2. The SMILES string of the molecule is Cc1oc(COC(C)C)cc1C(=O)NN. The molecule has 0 aromatic carbocycles. The largest absolute Gasteiger partial charge is 0.463 e. The van der Waals surface area contributed by atoms with E-state index in [1.165, 1.54) is 0 Å². The molecule has 0 unspecified atom stereocenters. The van der Waals surface area contributed by atoms with E-state index in [-0.39, 0.29) is 12.0 Å². The average Bonchev–Trinajstić information content (AvgIpc) is 2.55. The van der Waals surface area contributed by atoms with Crippen molar-refractivity contribution in [1.82, 2.24) is 5.43 Å². The van der Waals surface area contributed by atoms with Gasteiger partial charge < -0.3 is 9.15 Å². The highest BCUT2D eigenvalue weighted by Gasteiger charge is 2.13. The Hall–Kier alpha value is -1.33. The van der Waals surface area contributed by atoms with Gasteiger partial charge in [-0.1, -0.05) is 0 Å². The molecule has 0 aliphatic carbocycles. The number of aryl methyl sites for hydroxylation is 1. The van der Waals surface area contributed by atoms with Crippen LogP contribution in [0.2, 0.25) is 0 Å². The molecule has 0 atom stereocenters. The van der Waals surface area contributed by atoms with Crippen LogP contribution >= 0.6 is 0 Å². The zero-order valence-electron chi connectivity index (χ0n) is 9.16. The summed E-state index contributed by atoms with van der Waals surface area (Å²) in [5, 5.41) is 0. The second-order valence-electron chi connectivity index (χ2n) is 3.52. The van der Waals surface area contributed by atoms with Gasteiger partial charge in [-0.05, 0) is 26.8 Å². The number of rotatable bonds is 4. The topological polar surface area (TPSA) is 77.5 Å². The summed E-state index contributed by atoms with van der Waals surface area (Å²) in [6, 6.07) is 1.64. The zero-order valence-corrected chi connectivity index (χ0v) is 9.16. The van der Waals surface area contributed by atoms with Crippen LogP contribution in [0.5, 0.6) is 0 Å². The number of nitrogen functional groups attached to an aromatic ring is 1. The molecule has 0 saturated heterocycles. The predicted molar refractivity (Wildman–Crippen MR) is 55.0 cm³/mol. The molecule has 0 aliphatic heterocycles. The number of nitrogens with one attached hydrogen (secondary N) is 1. The minimum Gasteiger partial charge on any atom is -0.463 e. The molecule has 1 amide bonds. The second kappa shape index (κ2) is 4.95. The van der Waals surface area contributed by atoms with E-state index in [2.05, 4.69) is 5.43 Å². The second-order valence-corrected chi connectivity index (χ2v) is 3.52. The molecule has 1 aromatic heterocycles. The Morgan fingerprint density at radius 3 is 2.87 bits per heavy atom. The number of furan rings is 1. The molecule has 1 aromatic rings. The molecule has 0 saturated carbocycles. The van der Waals surface area contributed by atoms with Crippen molar-refractivity contribution in [2.45, 2.75) is 33.5 Å². The monoisotopic (exact) mass is 212 g/mol. The molecule has 0 bridgehead atoms. The normalized spacial score (nSPS) is 10.7. The van der Waals surface area contributed by atoms with Crippen LogP contribution in [0.15, 0.2) is 10.5 Å². The van der Waals surface area contributed by atoms with E-state index >= 15 is 0 Å². The van der Waals surface area contributed by atoms with E-state index in [9.17, 15) is 4.79 Å². The van der Waals surface area contributed by atoms with E-state index in [4.69, 9.17) is 15.0 Å². The molecule has 1 heterocycles. The van der Waals surface area contributed by atoms with Crippen LogP contribution in [0.1, 0.15) is 35.7 Å². The number of carbonyl (C=O) groups is 1. The van der Waals surface area contributed by atoms with E-state index in [1.807, 2.05) is 13.8 Å². The summed E-state index contributed by atoms with van der Waals surface area (Å²) in [5.74, 6) is 5.84. The quantitative estimate of drug-likeness (QED) is 0.445. The van der Waals surface area contributed by atoms with Gasteiger partial charge in [-0.15, -0.1) is 0 Å². The first-order valence-electron chi connectivity index (χ1n) is 4.76. The van der Waals surface area contributed by atoms with Crippen molar-refractivity contribution in [3.63, 3.8) is 0 Å². The number of ether oxygens (including phenoxy) is 1. The number of carbonyl (C=O) groups excluding carboxylic acids is 1. The van der Waals surface area contributed by atoms with Crippen molar-refractivity contribution in [2.24, 2.45) is 5.84 Å². The predicted octanol–water partition coefficient (Wildman–Crippen LogP) is 1.12. The van der Waals surface area contributed by atoms with Crippen LogP contribution < -0.4 is 11.3 Å². The summed E-state index contributed by atoms with van der Waals surface area (Å²) in [5.41, 5.74) is 2.50. The molecule has 15 heavy (non-hydrogen) atoms. The maximum atomic E-state index is 11.2. The van der Waals surface area contributed by atoms with Crippen molar-refractivity contribution in [2.75, 3.05) is 0 Å². The molecule has 0 spiro atoms. The molecular formula is C10H16N2O3. The molecule has 0 aliphatic rings. The van der Waals surface area contributed by atoms with Crippen LogP contribution in [0.4, 0.5) is 0 Å². The van der Waals surface area contributed by atoms with Crippen molar-refractivity contribution in [3.8, 4) is 0 Å². The Kier molecular flexibility index (Phi) is 3.88. The maximum absolute atomic E-state index is 11.2. The number of nitrogens with two attached hydrogens (primary N) is 1. The summed E-state index contributed by atoms with van der Waals surface area (Å²) in [4.78, 5) is 11.2. The van der Waals surface area contributed by atoms with Gasteiger partial charge in [0.2, 0.25) is 0 Å². The summed E-state index contributed by atoms with van der Waals surface area (Å²) < 4.78 is 10.7. The van der Waals surface area contributed by atoms with Crippen LogP contribution in [0.3, 0.4) is 0 Å². The molecule has 3 N–H and O–H groups in total. The highest BCUT2D eigenvalue weighted by molar-refractivity contribution is 5.94. The Balaban J connectivity index is 2.72. The summed E-state index contributed by atoms with van der Waals surface area (Å²) in [7, 11) is 0. The molecule has 84 valence electrons.